The Kier molecular flexibility index (Phi) is 2.36. The zero-order valence-electron chi connectivity index (χ0n) is 6.56. The van der Waals surface area contributed by atoms with Crippen LogP contribution in [0.5, 0.6) is 0 Å². The Morgan fingerprint density at radius 1 is 1.64 bits per heavy atom. The fraction of sp³-hybridized carbons (Fsp3) is 0.429. The van der Waals surface area contributed by atoms with Crippen LogP contribution in [0.3, 0.4) is 0 Å². The highest BCUT2D eigenvalue weighted by molar-refractivity contribution is 5.24. The summed E-state index contributed by atoms with van der Waals surface area (Å²) in [5.74, 6) is 0.109. The molecular weight excluding hydrogens is 145 g/mol. The van der Waals surface area contributed by atoms with Crippen molar-refractivity contribution in [2.45, 2.75) is 13.8 Å². The van der Waals surface area contributed by atoms with Gasteiger partial charge >= 0.3 is 0 Å². The molecule has 0 saturated carbocycles. The van der Waals surface area contributed by atoms with Gasteiger partial charge in [0, 0.05) is 6.54 Å². The van der Waals surface area contributed by atoms with Crippen LogP contribution in [0.2, 0.25) is 0 Å². The summed E-state index contributed by atoms with van der Waals surface area (Å²) in [5, 5.41) is 2.89. The van der Waals surface area contributed by atoms with Crippen LogP contribution in [-0.4, -0.2) is 16.5 Å². The molecule has 0 fully saturated rings. The van der Waals surface area contributed by atoms with E-state index in [2.05, 4.69) is 15.3 Å². The molecule has 0 aromatic carbocycles. The quantitative estimate of drug-likeness (QED) is 0.700. The van der Waals surface area contributed by atoms with Gasteiger partial charge in [0.1, 0.15) is 0 Å². The third-order valence-corrected chi connectivity index (χ3v) is 1.25. The van der Waals surface area contributed by atoms with Crippen LogP contribution in [0.15, 0.2) is 6.20 Å². The van der Waals surface area contributed by atoms with Crippen molar-refractivity contribution in [3.05, 3.63) is 17.7 Å². The maximum absolute atomic E-state index is 12.6. The van der Waals surface area contributed by atoms with Crippen molar-refractivity contribution < 1.29 is 4.39 Å². The number of nitrogens with one attached hydrogen (secondary N) is 1. The summed E-state index contributed by atoms with van der Waals surface area (Å²) < 4.78 is 12.6. The smallest absolute Gasteiger partial charge is 0.223 e. The second-order valence-corrected chi connectivity index (χ2v) is 2.16. The molecule has 1 aromatic heterocycles. The van der Waals surface area contributed by atoms with Gasteiger partial charge in [-0.25, -0.2) is 14.4 Å². The standard InChI is InChI=1S/C7H10FN3/c1-3-9-7-10-4-6(8)5(2)11-7/h4H,3H2,1-2H3,(H,9,10,11). The predicted octanol–water partition coefficient (Wildman–Crippen LogP) is 1.36. The summed E-state index contributed by atoms with van der Waals surface area (Å²) in [6, 6.07) is 0. The van der Waals surface area contributed by atoms with E-state index >= 15 is 0 Å². The van der Waals surface area contributed by atoms with Crippen LogP contribution < -0.4 is 5.32 Å². The maximum Gasteiger partial charge on any atom is 0.223 e. The Labute approximate surface area is 64.7 Å². The number of anilines is 1. The van der Waals surface area contributed by atoms with Crippen molar-refractivity contribution in [3.8, 4) is 0 Å². The summed E-state index contributed by atoms with van der Waals surface area (Å²) in [6.07, 6.45) is 1.17. The van der Waals surface area contributed by atoms with E-state index in [9.17, 15) is 4.39 Å². The molecular formula is C7H10FN3. The molecule has 0 radical (unpaired) electrons. The maximum atomic E-state index is 12.6. The molecule has 0 bridgehead atoms. The number of hydrogen-bond donors (Lipinski definition) is 1. The molecule has 0 aliphatic carbocycles. The number of aromatic nitrogens is 2. The van der Waals surface area contributed by atoms with Crippen LogP contribution in [0.25, 0.3) is 0 Å². The van der Waals surface area contributed by atoms with Crippen molar-refractivity contribution in [1.82, 2.24) is 9.97 Å². The van der Waals surface area contributed by atoms with Gasteiger partial charge in [-0.2, -0.15) is 0 Å². The largest absolute Gasteiger partial charge is 0.354 e. The van der Waals surface area contributed by atoms with Crippen LogP contribution in [0, 0.1) is 12.7 Å². The van der Waals surface area contributed by atoms with E-state index in [-0.39, 0.29) is 5.82 Å². The van der Waals surface area contributed by atoms with Gasteiger partial charge < -0.3 is 5.32 Å². The van der Waals surface area contributed by atoms with Gasteiger partial charge in [0.05, 0.1) is 11.9 Å². The highest BCUT2D eigenvalue weighted by atomic mass is 19.1. The minimum atomic E-state index is -0.369. The Morgan fingerprint density at radius 3 is 2.91 bits per heavy atom. The minimum Gasteiger partial charge on any atom is -0.354 e. The van der Waals surface area contributed by atoms with Gasteiger partial charge in [0.2, 0.25) is 5.95 Å². The van der Waals surface area contributed by atoms with E-state index in [0.717, 1.165) is 6.54 Å². The summed E-state index contributed by atoms with van der Waals surface area (Å²) in [6.45, 7) is 4.28. The highest BCUT2D eigenvalue weighted by Crippen LogP contribution is 2.03. The van der Waals surface area contributed by atoms with E-state index in [1.54, 1.807) is 6.92 Å². The van der Waals surface area contributed by atoms with Crippen molar-refractivity contribution in [1.29, 1.82) is 0 Å². The summed E-state index contributed by atoms with van der Waals surface area (Å²) in [7, 11) is 0. The van der Waals surface area contributed by atoms with E-state index in [1.165, 1.54) is 6.20 Å². The van der Waals surface area contributed by atoms with Crippen LogP contribution in [0.4, 0.5) is 10.3 Å². The SMILES string of the molecule is CCNc1ncc(F)c(C)n1. The van der Waals surface area contributed by atoms with Crippen molar-refractivity contribution in [3.63, 3.8) is 0 Å². The first-order valence-electron chi connectivity index (χ1n) is 3.47. The van der Waals surface area contributed by atoms with Crippen molar-refractivity contribution >= 4 is 5.95 Å². The number of nitrogens with zero attached hydrogens (tertiary/aromatic N) is 2. The van der Waals surface area contributed by atoms with Gasteiger partial charge in [0.25, 0.3) is 0 Å². The summed E-state index contributed by atoms with van der Waals surface area (Å²) in [4.78, 5) is 7.60. The Morgan fingerprint density at radius 2 is 2.36 bits per heavy atom. The number of aryl methyl sites for hydroxylation is 1. The monoisotopic (exact) mass is 155 g/mol. The molecule has 0 unspecified atom stereocenters. The van der Waals surface area contributed by atoms with Crippen molar-refractivity contribution in [2.24, 2.45) is 0 Å². The lowest BCUT2D eigenvalue weighted by Gasteiger charge is -2.00. The lowest BCUT2D eigenvalue weighted by Crippen LogP contribution is -2.03. The minimum absolute atomic E-state index is 0.369. The number of rotatable bonds is 2. The zero-order chi connectivity index (χ0) is 8.27. The van der Waals surface area contributed by atoms with Gasteiger partial charge in [0.15, 0.2) is 5.82 Å². The van der Waals surface area contributed by atoms with Gasteiger partial charge in [-0.05, 0) is 13.8 Å². The third kappa shape index (κ3) is 1.86. The number of halogens is 1. The Balaban J connectivity index is 2.86. The summed E-state index contributed by atoms with van der Waals surface area (Å²) in [5.41, 5.74) is 0.371. The molecule has 0 aliphatic rings. The molecule has 0 spiro atoms. The summed E-state index contributed by atoms with van der Waals surface area (Å²) >= 11 is 0. The lowest BCUT2D eigenvalue weighted by atomic mass is 10.4. The van der Waals surface area contributed by atoms with E-state index in [1.807, 2.05) is 6.92 Å². The first-order valence-corrected chi connectivity index (χ1v) is 3.47. The molecule has 3 nitrogen and oxygen atoms in total. The third-order valence-electron chi connectivity index (χ3n) is 1.25. The molecule has 0 aliphatic heterocycles. The lowest BCUT2D eigenvalue weighted by molar-refractivity contribution is 0.602. The van der Waals surface area contributed by atoms with Crippen LogP contribution in [-0.2, 0) is 0 Å². The van der Waals surface area contributed by atoms with Gasteiger partial charge in [-0.3, -0.25) is 0 Å². The van der Waals surface area contributed by atoms with E-state index in [0.29, 0.717) is 11.6 Å². The second-order valence-electron chi connectivity index (χ2n) is 2.16. The average Bonchev–Trinajstić information content (AvgIpc) is 1.98. The van der Waals surface area contributed by atoms with E-state index < -0.39 is 0 Å². The number of hydrogen-bond acceptors (Lipinski definition) is 3. The molecule has 0 amide bonds. The Bertz CT molecular complexity index is 249. The van der Waals surface area contributed by atoms with Gasteiger partial charge in [-0.1, -0.05) is 0 Å². The molecule has 1 aromatic rings. The zero-order valence-corrected chi connectivity index (χ0v) is 6.56. The molecule has 1 N–H and O–H groups in total. The highest BCUT2D eigenvalue weighted by Gasteiger charge is 1.99. The molecule has 60 valence electrons. The van der Waals surface area contributed by atoms with Crippen molar-refractivity contribution in [2.75, 3.05) is 11.9 Å². The topological polar surface area (TPSA) is 37.8 Å². The molecule has 0 atom stereocenters. The van der Waals surface area contributed by atoms with Gasteiger partial charge in [-0.15, -0.1) is 0 Å². The molecule has 0 saturated heterocycles. The predicted molar refractivity (Wildman–Crippen MR) is 40.9 cm³/mol. The molecule has 1 heterocycles. The van der Waals surface area contributed by atoms with Crippen LogP contribution in [0.1, 0.15) is 12.6 Å². The first-order chi connectivity index (χ1) is 5.24. The molecule has 11 heavy (non-hydrogen) atoms. The fourth-order valence-electron chi connectivity index (χ4n) is 0.696. The average molecular weight is 155 g/mol. The second kappa shape index (κ2) is 3.27. The first kappa shape index (κ1) is 7.91. The fourth-order valence-corrected chi connectivity index (χ4v) is 0.696. The molecule has 4 heteroatoms. The van der Waals surface area contributed by atoms with Crippen LogP contribution >= 0.6 is 0 Å². The Hall–Kier alpha value is -1.19. The van der Waals surface area contributed by atoms with E-state index in [4.69, 9.17) is 0 Å². The molecule has 1 rings (SSSR count). The normalized spacial score (nSPS) is 9.73.